The summed E-state index contributed by atoms with van der Waals surface area (Å²) in [5.74, 6) is -1.17. The van der Waals surface area contributed by atoms with E-state index < -0.39 is 30.1 Å². The van der Waals surface area contributed by atoms with Crippen LogP contribution >= 0.6 is 0 Å². The Balaban J connectivity index is -0.000000244. The quantitative estimate of drug-likeness (QED) is 0.194. The van der Waals surface area contributed by atoms with Gasteiger partial charge in [0.15, 0.2) is 6.10 Å². The van der Waals surface area contributed by atoms with Crippen molar-refractivity contribution < 1.29 is 44.0 Å². The summed E-state index contributed by atoms with van der Waals surface area (Å²) >= 11 is 0. The van der Waals surface area contributed by atoms with E-state index in [-0.39, 0.29) is 43.2 Å². The summed E-state index contributed by atoms with van der Waals surface area (Å²) in [5, 5.41) is 26.7. The number of benzene rings is 1. The summed E-state index contributed by atoms with van der Waals surface area (Å²) < 4.78 is 9.43. The lowest BCUT2D eigenvalue weighted by Gasteiger charge is -2.21. The van der Waals surface area contributed by atoms with E-state index in [2.05, 4.69) is 4.74 Å². The third-order valence-electron chi connectivity index (χ3n) is 6.57. The number of ether oxygens (including phenoxy) is 2. The number of aliphatic carboxylic acids is 1. The lowest BCUT2D eigenvalue weighted by atomic mass is 9.92. The van der Waals surface area contributed by atoms with Gasteiger partial charge in [-0.1, -0.05) is 94.9 Å². The number of esters is 2. The van der Waals surface area contributed by atoms with Crippen LogP contribution < -0.4 is 5.73 Å². The Morgan fingerprint density at radius 3 is 1.52 bits per heavy atom. The Morgan fingerprint density at radius 1 is 0.795 bits per heavy atom. The number of aliphatic hydroxyl groups is 1. The van der Waals surface area contributed by atoms with Crippen molar-refractivity contribution in [3.63, 3.8) is 0 Å². The van der Waals surface area contributed by atoms with Crippen LogP contribution in [-0.2, 0) is 23.9 Å². The molecule has 0 aromatic heterocycles. The Labute approximate surface area is 266 Å². The summed E-state index contributed by atoms with van der Waals surface area (Å²) in [4.78, 5) is 42.8. The minimum Gasteiger partial charge on any atom is -0.480 e. The molecule has 10 heteroatoms. The summed E-state index contributed by atoms with van der Waals surface area (Å²) in [6.45, 7) is 23.1. The molecule has 1 aromatic carbocycles. The summed E-state index contributed by atoms with van der Waals surface area (Å²) in [5.41, 5.74) is 6.52. The highest BCUT2D eigenvalue weighted by molar-refractivity contribution is 5.89. The Bertz CT molecular complexity index is 942. The van der Waals surface area contributed by atoms with Gasteiger partial charge in [-0.05, 0) is 61.5 Å². The van der Waals surface area contributed by atoms with Crippen molar-refractivity contribution in [1.29, 1.82) is 0 Å². The average molecular weight is 630 g/mol. The van der Waals surface area contributed by atoms with Crippen molar-refractivity contribution in [1.82, 2.24) is 0 Å². The first-order valence-corrected chi connectivity index (χ1v) is 14.9. The van der Waals surface area contributed by atoms with E-state index in [1.165, 1.54) is 7.11 Å². The summed E-state index contributed by atoms with van der Waals surface area (Å²) in [7, 11) is 1.42. The lowest BCUT2D eigenvalue weighted by Crippen LogP contribution is -2.33. The third kappa shape index (κ3) is 22.5. The highest BCUT2D eigenvalue weighted by Crippen LogP contribution is 2.19. The van der Waals surface area contributed by atoms with Gasteiger partial charge < -0.3 is 30.5 Å². The molecule has 4 unspecified atom stereocenters. The number of hydrogen-bond acceptors (Lipinski definition) is 8. The van der Waals surface area contributed by atoms with Gasteiger partial charge >= 0.3 is 23.9 Å². The van der Waals surface area contributed by atoms with E-state index in [9.17, 15) is 24.3 Å². The van der Waals surface area contributed by atoms with Crippen LogP contribution in [0.5, 0.6) is 0 Å². The number of carbonyl (C=O) groups excluding carboxylic acids is 2. The van der Waals surface area contributed by atoms with E-state index in [0.717, 1.165) is 5.56 Å². The predicted molar refractivity (Wildman–Crippen MR) is 177 cm³/mol. The maximum atomic E-state index is 11.2. The number of nitrogens with two attached hydrogens (primary N) is 1. The number of rotatable bonds is 11. The van der Waals surface area contributed by atoms with Gasteiger partial charge in [-0.3, -0.25) is 9.59 Å². The first-order valence-electron chi connectivity index (χ1n) is 14.9. The molecule has 0 aliphatic heterocycles. The van der Waals surface area contributed by atoms with Crippen LogP contribution in [0.1, 0.15) is 119 Å². The number of carboxylic acid groups (broad SMARTS) is 2. The van der Waals surface area contributed by atoms with Crippen LogP contribution in [0.25, 0.3) is 0 Å². The zero-order chi connectivity index (χ0) is 34.6. The summed E-state index contributed by atoms with van der Waals surface area (Å²) in [6.07, 6.45) is -0.612. The molecule has 0 aliphatic rings. The fourth-order valence-corrected chi connectivity index (χ4v) is 3.14. The number of carbonyl (C=O) groups is 4. The Morgan fingerprint density at radius 2 is 1.27 bits per heavy atom. The fourth-order valence-electron chi connectivity index (χ4n) is 3.14. The molecule has 0 fully saturated rings. The normalized spacial score (nSPS) is 13.1. The SMILES string of the molecule is C.CC(C)CC(N)C(=O)O.CC(C)OC(=O)C(O)C(C)C(C)C.CC(C)c1ccccc1C(=O)O.COC(=O)C(C)C(C)C. The van der Waals surface area contributed by atoms with Gasteiger partial charge in [-0.2, -0.15) is 0 Å². The molecule has 44 heavy (non-hydrogen) atoms. The molecule has 0 spiro atoms. The van der Waals surface area contributed by atoms with Crippen LogP contribution in [-0.4, -0.2) is 64.6 Å². The molecular formula is C34H63NO9. The molecule has 0 saturated heterocycles. The highest BCUT2D eigenvalue weighted by Gasteiger charge is 2.26. The van der Waals surface area contributed by atoms with Crippen LogP contribution in [0, 0.1) is 29.6 Å². The second-order valence-corrected chi connectivity index (χ2v) is 12.2. The molecule has 0 heterocycles. The molecule has 0 saturated carbocycles. The second-order valence-electron chi connectivity index (χ2n) is 12.2. The Kier molecular flexibility index (Phi) is 27.6. The molecular weight excluding hydrogens is 566 g/mol. The third-order valence-corrected chi connectivity index (χ3v) is 6.57. The Hall–Kier alpha value is -2.98. The topological polar surface area (TPSA) is 173 Å². The second kappa shape index (κ2) is 25.4. The minimum absolute atomic E-state index is 0. The lowest BCUT2D eigenvalue weighted by molar-refractivity contribution is -0.161. The minimum atomic E-state index is -0.998. The number of aliphatic hydroxyl groups excluding tert-OH is 1. The van der Waals surface area contributed by atoms with Gasteiger partial charge in [0, 0.05) is 0 Å². The first kappa shape index (κ1) is 47.9. The van der Waals surface area contributed by atoms with Crippen molar-refractivity contribution >= 4 is 23.9 Å². The van der Waals surface area contributed by atoms with E-state index in [1.807, 2.05) is 81.4 Å². The van der Waals surface area contributed by atoms with Crippen LogP contribution in [0.4, 0.5) is 0 Å². The molecule has 0 amide bonds. The highest BCUT2D eigenvalue weighted by atomic mass is 16.6. The molecule has 5 N–H and O–H groups in total. The molecule has 1 rings (SSSR count). The van der Waals surface area contributed by atoms with E-state index in [4.69, 9.17) is 20.7 Å². The number of aromatic carboxylic acids is 1. The van der Waals surface area contributed by atoms with Crippen molar-refractivity contribution in [2.24, 2.45) is 35.3 Å². The van der Waals surface area contributed by atoms with Crippen molar-refractivity contribution in [3.05, 3.63) is 35.4 Å². The zero-order valence-corrected chi connectivity index (χ0v) is 28.6. The van der Waals surface area contributed by atoms with Crippen molar-refractivity contribution in [2.45, 2.75) is 121 Å². The van der Waals surface area contributed by atoms with E-state index >= 15 is 0 Å². The van der Waals surface area contributed by atoms with E-state index in [0.29, 0.717) is 23.8 Å². The standard InChI is InChI=1S/C10H20O3.C10H12O2.C7H14O2.C6H13NO2.CH4/c1-6(2)8(5)9(11)10(12)13-7(3)4;1-7(2)8-5-3-4-6-9(8)10(11)12;1-5(2)6(3)7(8)9-4;1-4(2)3-5(7)6(8)9;/h6-9,11H,1-5H3;3-7H,1-2H3,(H,11,12);5-6H,1-4H3;4-5H,3,7H2,1-2H3,(H,8,9);1H4. The van der Waals surface area contributed by atoms with Gasteiger partial charge in [-0.15, -0.1) is 0 Å². The predicted octanol–water partition coefficient (Wildman–Crippen LogP) is 6.63. The molecule has 258 valence electrons. The fraction of sp³-hybridized carbons (Fsp3) is 0.706. The number of hydrogen-bond donors (Lipinski definition) is 4. The average Bonchev–Trinajstić information content (AvgIpc) is 2.91. The van der Waals surface area contributed by atoms with Crippen molar-refractivity contribution in [3.8, 4) is 0 Å². The number of carboxylic acids is 2. The van der Waals surface area contributed by atoms with Gasteiger partial charge in [-0.25, -0.2) is 9.59 Å². The van der Waals surface area contributed by atoms with Crippen LogP contribution in [0.3, 0.4) is 0 Å². The van der Waals surface area contributed by atoms with Gasteiger partial charge in [0.1, 0.15) is 6.04 Å². The maximum Gasteiger partial charge on any atom is 0.335 e. The van der Waals surface area contributed by atoms with Gasteiger partial charge in [0.25, 0.3) is 0 Å². The first-order chi connectivity index (χ1) is 19.6. The molecule has 4 atom stereocenters. The molecule has 10 nitrogen and oxygen atoms in total. The maximum absolute atomic E-state index is 11.2. The largest absolute Gasteiger partial charge is 0.480 e. The van der Waals surface area contributed by atoms with Gasteiger partial charge in [0.05, 0.1) is 24.7 Å². The van der Waals surface area contributed by atoms with Crippen molar-refractivity contribution in [2.75, 3.05) is 7.11 Å². The summed E-state index contributed by atoms with van der Waals surface area (Å²) in [6, 6.07) is 6.41. The van der Waals surface area contributed by atoms with Crippen LogP contribution in [0.15, 0.2) is 24.3 Å². The van der Waals surface area contributed by atoms with Crippen LogP contribution in [0.2, 0.25) is 0 Å². The monoisotopic (exact) mass is 629 g/mol. The van der Waals surface area contributed by atoms with E-state index in [1.54, 1.807) is 26.0 Å². The molecule has 0 aliphatic carbocycles. The van der Waals surface area contributed by atoms with Gasteiger partial charge in [0.2, 0.25) is 0 Å². The zero-order valence-electron chi connectivity index (χ0n) is 28.6. The smallest absolute Gasteiger partial charge is 0.335 e. The molecule has 0 bridgehead atoms. The molecule has 0 radical (unpaired) electrons. The number of methoxy groups -OCH3 is 1. The molecule has 1 aromatic rings.